The number of hydrogen-bond acceptors (Lipinski definition) is 2. The summed E-state index contributed by atoms with van der Waals surface area (Å²) in [6.07, 6.45) is 2.78. The van der Waals surface area contributed by atoms with Gasteiger partial charge in [-0.05, 0) is 37.5 Å². The first-order valence-electron chi connectivity index (χ1n) is 6.06. The van der Waals surface area contributed by atoms with Gasteiger partial charge >= 0.3 is 0 Å². The lowest BCUT2D eigenvalue weighted by Gasteiger charge is -2.35. The molecule has 0 spiro atoms. The van der Waals surface area contributed by atoms with E-state index in [1.165, 1.54) is 0 Å². The number of piperidine rings is 1. The zero-order valence-corrected chi connectivity index (χ0v) is 12.6. The van der Waals surface area contributed by atoms with Gasteiger partial charge in [0.05, 0.1) is 21.6 Å². The molecule has 1 aliphatic rings. The van der Waals surface area contributed by atoms with Gasteiger partial charge in [0, 0.05) is 11.6 Å². The normalized spacial score (nSPS) is 19.3. The maximum absolute atomic E-state index is 12.6. The van der Waals surface area contributed by atoms with Crippen molar-refractivity contribution in [3.63, 3.8) is 0 Å². The molecule has 1 amide bonds. The van der Waals surface area contributed by atoms with Crippen LogP contribution in [0.15, 0.2) is 18.2 Å². The van der Waals surface area contributed by atoms with E-state index in [0.717, 1.165) is 19.3 Å². The molecule has 1 saturated heterocycles. The summed E-state index contributed by atoms with van der Waals surface area (Å²) in [7, 11) is 0. The Morgan fingerprint density at radius 1 is 1.37 bits per heavy atom. The highest BCUT2D eigenvalue weighted by atomic mass is 35.5. The monoisotopic (exact) mass is 316 g/mol. The summed E-state index contributed by atoms with van der Waals surface area (Å²) < 4.78 is 0. The van der Waals surface area contributed by atoms with E-state index in [1.807, 2.05) is 0 Å². The first-order valence-corrected chi connectivity index (χ1v) is 7.22. The van der Waals surface area contributed by atoms with E-state index in [2.05, 4.69) is 0 Å². The average Bonchev–Trinajstić information content (AvgIpc) is 2.40. The second-order valence-corrected chi connectivity index (χ2v) is 5.85. The molecule has 0 aliphatic carbocycles. The lowest BCUT2D eigenvalue weighted by Crippen LogP contribution is -2.49. The Balaban J connectivity index is 2.31. The molecule has 2 N–H and O–H groups in total. The molecule has 0 bridgehead atoms. The fraction of sp³-hybridized carbons (Fsp3) is 0.385. The lowest BCUT2D eigenvalue weighted by atomic mass is 10.0. The van der Waals surface area contributed by atoms with Crippen LogP contribution in [0.4, 0.5) is 0 Å². The van der Waals surface area contributed by atoms with Crippen LogP contribution in [0.1, 0.15) is 29.6 Å². The van der Waals surface area contributed by atoms with Crippen LogP contribution in [0.3, 0.4) is 0 Å². The molecule has 102 valence electrons. The molecule has 0 aromatic heterocycles. The van der Waals surface area contributed by atoms with Crippen molar-refractivity contribution in [2.24, 2.45) is 5.73 Å². The highest BCUT2D eigenvalue weighted by Gasteiger charge is 2.30. The number of rotatable bonds is 2. The fourth-order valence-electron chi connectivity index (χ4n) is 2.29. The Labute approximate surface area is 127 Å². The van der Waals surface area contributed by atoms with E-state index in [9.17, 15) is 4.79 Å². The summed E-state index contributed by atoms with van der Waals surface area (Å²) in [5.74, 6) is -0.162. The summed E-state index contributed by atoms with van der Waals surface area (Å²) in [6, 6.07) is 4.67. The quantitative estimate of drug-likeness (QED) is 0.852. The number of nitrogens with two attached hydrogens (primary N) is 1. The molecule has 1 fully saturated rings. The van der Waals surface area contributed by atoms with Crippen LogP contribution in [0.5, 0.6) is 0 Å². The maximum atomic E-state index is 12.6. The van der Waals surface area contributed by atoms with Crippen molar-refractivity contribution in [1.29, 1.82) is 0 Å². The van der Waals surface area contributed by atoms with Crippen LogP contribution >= 0.6 is 35.4 Å². The van der Waals surface area contributed by atoms with Gasteiger partial charge in [-0.25, -0.2) is 0 Å². The van der Waals surface area contributed by atoms with Crippen LogP contribution < -0.4 is 5.73 Å². The molecule has 1 aliphatic heterocycles. The maximum Gasteiger partial charge on any atom is 0.256 e. The van der Waals surface area contributed by atoms with Gasteiger partial charge in [-0.15, -0.1) is 0 Å². The van der Waals surface area contributed by atoms with Gasteiger partial charge in [0.2, 0.25) is 0 Å². The first kappa shape index (κ1) is 14.6. The molecular formula is C13H14Cl2N2OS. The molecule has 1 aromatic rings. The Morgan fingerprint density at radius 2 is 2.11 bits per heavy atom. The Hall–Kier alpha value is -0.840. The molecule has 0 radical (unpaired) electrons. The molecule has 6 heteroatoms. The number of carbonyl (C=O) groups is 1. The van der Waals surface area contributed by atoms with Gasteiger partial charge < -0.3 is 10.6 Å². The summed E-state index contributed by atoms with van der Waals surface area (Å²) in [6.45, 7) is 0.643. The predicted octanol–water partition coefficient (Wildman–Crippen LogP) is 3.27. The molecule has 1 unspecified atom stereocenters. The average molecular weight is 317 g/mol. The largest absolute Gasteiger partial charge is 0.392 e. The second kappa shape index (κ2) is 6.07. The number of thiocarbonyl (C=S) groups is 1. The minimum Gasteiger partial charge on any atom is -0.392 e. The van der Waals surface area contributed by atoms with Crippen molar-refractivity contribution in [2.45, 2.75) is 25.3 Å². The third-order valence-corrected chi connectivity index (χ3v) is 4.09. The Kier molecular flexibility index (Phi) is 4.66. The third kappa shape index (κ3) is 3.19. The van der Waals surface area contributed by atoms with Gasteiger partial charge in [-0.1, -0.05) is 35.4 Å². The van der Waals surface area contributed by atoms with Crippen molar-refractivity contribution >= 4 is 46.3 Å². The molecule has 3 nitrogen and oxygen atoms in total. The molecule has 2 rings (SSSR count). The van der Waals surface area contributed by atoms with Crippen LogP contribution in [-0.2, 0) is 0 Å². The van der Waals surface area contributed by atoms with Gasteiger partial charge in [0.25, 0.3) is 5.91 Å². The molecule has 19 heavy (non-hydrogen) atoms. The number of amides is 1. The van der Waals surface area contributed by atoms with E-state index in [0.29, 0.717) is 27.1 Å². The van der Waals surface area contributed by atoms with Gasteiger partial charge in [0.15, 0.2) is 0 Å². The van der Waals surface area contributed by atoms with E-state index in [-0.39, 0.29) is 11.9 Å². The first-order chi connectivity index (χ1) is 9.00. The van der Waals surface area contributed by atoms with E-state index >= 15 is 0 Å². The summed E-state index contributed by atoms with van der Waals surface area (Å²) >= 11 is 17.0. The molecule has 1 aromatic carbocycles. The number of likely N-dealkylation sites (tertiary alicyclic amines) is 1. The molecule has 1 heterocycles. The minimum absolute atomic E-state index is 0.162. The topological polar surface area (TPSA) is 46.3 Å². The van der Waals surface area contributed by atoms with Crippen LogP contribution in [0, 0.1) is 0 Å². The second-order valence-electron chi connectivity index (χ2n) is 4.54. The van der Waals surface area contributed by atoms with Crippen LogP contribution in [0.25, 0.3) is 0 Å². The SMILES string of the molecule is NC(=S)C1CCCCN1C(=O)c1cc(Cl)ccc1Cl. The van der Waals surface area contributed by atoms with Gasteiger partial charge in [0.1, 0.15) is 0 Å². The van der Waals surface area contributed by atoms with Crippen molar-refractivity contribution in [1.82, 2.24) is 4.90 Å². The summed E-state index contributed by atoms with van der Waals surface area (Å²) in [5.41, 5.74) is 6.12. The van der Waals surface area contributed by atoms with Crippen molar-refractivity contribution in [2.75, 3.05) is 6.54 Å². The van der Waals surface area contributed by atoms with Gasteiger partial charge in [-0.2, -0.15) is 0 Å². The van der Waals surface area contributed by atoms with Crippen molar-refractivity contribution < 1.29 is 4.79 Å². The fourth-order valence-corrected chi connectivity index (χ4v) is 2.90. The molecule has 1 atom stereocenters. The number of benzene rings is 1. The summed E-state index contributed by atoms with van der Waals surface area (Å²) in [4.78, 5) is 14.6. The Bertz CT molecular complexity index is 521. The highest BCUT2D eigenvalue weighted by Crippen LogP contribution is 2.25. The zero-order chi connectivity index (χ0) is 14.0. The molecular weight excluding hydrogens is 303 g/mol. The highest BCUT2D eigenvalue weighted by molar-refractivity contribution is 7.80. The summed E-state index contributed by atoms with van der Waals surface area (Å²) in [5, 5.41) is 0.873. The third-order valence-electron chi connectivity index (χ3n) is 3.25. The van der Waals surface area contributed by atoms with Crippen molar-refractivity contribution in [3.05, 3.63) is 33.8 Å². The standard InChI is InChI=1S/C13H14Cl2N2OS/c14-8-4-5-10(15)9(7-8)13(18)17-6-2-1-3-11(17)12(16)19/h4-5,7,11H,1-3,6H2,(H2,16,19). The minimum atomic E-state index is -0.189. The molecule has 0 saturated carbocycles. The number of halogens is 2. The number of hydrogen-bond donors (Lipinski definition) is 1. The number of carbonyl (C=O) groups excluding carboxylic acids is 1. The van der Waals surface area contributed by atoms with Gasteiger partial charge in [-0.3, -0.25) is 4.79 Å². The van der Waals surface area contributed by atoms with E-state index in [1.54, 1.807) is 23.1 Å². The Morgan fingerprint density at radius 3 is 2.79 bits per heavy atom. The van der Waals surface area contributed by atoms with Crippen LogP contribution in [-0.4, -0.2) is 28.4 Å². The predicted molar refractivity (Wildman–Crippen MR) is 81.9 cm³/mol. The van der Waals surface area contributed by atoms with E-state index < -0.39 is 0 Å². The zero-order valence-electron chi connectivity index (χ0n) is 10.2. The smallest absolute Gasteiger partial charge is 0.256 e. The van der Waals surface area contributed by atoms with Crippen molar-refractivity contribution in [3.8, 4) is 0 Å². The lowest BCUT2D eigenvalue weighted by molar-refractivity contribution is 0.0681. The van der Waals surface area contributed by atoms with E-state index in [4.69, 9.17) is 41.2 Å². The number of nitrogens with zero attached hydrogens (tertiary/aromatic N) is 1. The van der Waals surface area contributed by atoms with Crippen LogP contribution in [0.2, 0.25) is 10.0 Å².